The van der Waals surface area contributed by atoms with Crippen molar-refractivity contribution in [2.45, 2.75) is 13.8 Å². The van der Waals surface area contributed by atoms with Crippen LogP contribution in [0.25, 0.3) is 26.6 Å². The van der Waals surface area contributed by atoms with Crippen molar-refractivity contribution in [2.24, 2.45) is 5.11 Å². The smallest absolute Gasteiger partial charge is 0.341 e. The summed E-state index contributed by atoms with van der Waals surface area (Å²) >= 11 is 1.34. The average molecular weight is 315 g/mol. The highest BCUT2D eigenvalue weighted by molar-refractivity contribution is 7.20. The summed E-state index contributed by atoms with van der Waals surface area (Å²) in [5.41, 5.74) is 9.08. The van der Waals surface area contributed by atoms with Crippen LogP contribution in [0.2, 0.25) is 0 Å². The predicted octanol–water partition coefficient (Wildman–Crippen LogP) is 4.38. The van der Waals surface area contributed by atoms with E-state index < -0.39 is 11.8 Å². The van der Waals surface area contributed by atoms with Gasteiger partial charge < -0.3 is 4.74 Å². The molecule has 0 fully saturated rings. The predicted molar refractivity (Wildman–Crippen MR) is 85.9 cm³/mol. The number of azide groups is 1. The molecule has 0 N–H and O–H groups in total. The molecule has 1 heterocycles. The molecule has 1 aromatic heterocycles. The van der Waals surface area contributed by atoms with E-state index in [0.29, 0.717) is 10.6 Å². The third-order valence-electron chi connectivity index (χ3n) is 2.89. The number of benzene rings is 1. The van der Waals surface area contributed by atoms with Gasteiger partial charge in [0.25, 0.3) is 0 Å². The highest BCUT2D eigenvalue weighted by Crippen LogP contribution is 2.39. The molecule has 6 nitrogen and oxygen atoms in total. The van der Waals surface area contributed by atoms with Crippen molar-refractivity contribution in [3.05, 3.63) is 45.2 Å². The fourth-order valence-corrected chi connectivity index (χ4v) is 3.02. The van der Waals surface area contributed by atoms with Crippen molar-refractivity contribution in [3.8, 4) is 0 Å². The molecule has 0 amide bonds. The fourth-order valence-electron chi connectivity index (χ4n) is 1.94. The number of hydrogen-bond acceptors (Lipinski definition) is 5. The number of nitrogens with zero attached hydrogens (tertiary/aromatic N) is 3. The van der Waals surface area contributed by atoms with Crippen LogP contribution in [-0.4, -0.2) is 18.4 Å². The van der Waals surface area contributed by atoms with Gasteiger partial charge in [-0.25, -0.2) is 4.79 Å². The highest BCUT2D eigenvalue weighted by Gasteiger charge is 2.18. The van der Waals surface area contributed by atoms with Gasteiger partial charge in [-0.05, 0) is 31.5 Å². The molecule has 0 saturated heterocycles. The molecule has 0 bridgehead atoms. The van der Waals surface area contributed by atoms with Crippen molar-refractivity contribution in [3.63, 3.8) is 0 Å². The minimum absolute atomic E-state index is 0.0669. The minimum atomic E-state index is -0.681. The van der Waals surface area contributed by atoms with E-state index in [9.17, 15) is 9.59 Å². The van der Waals surface area contributed by atoms with Crippen LogP contribution in [0.15, 0.2) is 35.0 Å². The summed E-state index contributed by atoms with van der Waals surface area (Å²) in [4.78, 5) is 26.9. The lowest BCUT2D eigenvalue weighted by Gasteiger charge is -2.03. The van der Waals surface area contributed by atoms with Crippen LogP contribution < -0.4 is 0 Å². The summed E-state index contributed by atoms with van der Waals surface area (Å²) in [6.07, 6.45) is 1.43. The van der Waals surface area contributed by atoms with E-state index in [2.05, 4.69) is 10.0 Å². The normalized spacial score (nSPS) is 11.1. The molecular formula is C15H13N3O3S. The van der Waals surface area contributed by atoms with Gasteiger partial charge >= 0.3 is 5.97 Å². The van der Waals surface area contributed by atoms with Gasteiger partial charge in [-0.1, -0.05) is 23.3 Å². The van der Waals surface area contributed by atoms with E-state index >= 15 is 0 Å². The summed E-state index contributed by atoms with van der Waals surface area (Å²) in [7, 11) is 0. The second-order valence-corrected chi connectivity index (χ2v) is 5.42. The zero-order chi connectivity index (χ0) is 16.1. The highest BCUT2D eigenvalue weighted by atomic mass is 32.1. The van der Waals surface area contributed by atoms with E-state index in [-0.39, 0.29) is 12.2 Å². The number of thiophene rings is 1. The lowest BCUT2D eigenvalue weighted by atomic mass is 10.1. The molecule has 0 unspecified atom stereocenters. The Bertz CT molecular complexity index is 817. The van der Waals surface area contributed by atoms with Crippen LogP contribution >= 0.6 is 11.3 Å². The summed E-state index contributed by atoms with van der Waals surface area (Å²) in [6, 6.07) is 7.40. The topological polar surface area (TPSA) is 92.1 Å². The molecule has 0 aliphatic carbocycles. The number of hydrogen-bond donors (Lipinski definition) is 0. The Kier molecular flexibility index (Phi) is 4.93. The minimum Gasteiger partial charge on any atom is -0.462 e. The van der Waals surface area contributed by atoms with E-state index in [4.69, 9.17) is 10.3 Å². The maximum absolute atomic E-state index is 11.9. The van der Waals surface area contributed by atoms with Gasteiger partial charge in [0, 0.05) is 19.9 Å². The molecule has 0 saturated carbocycles. The van der Waals surface area contributed by atoms with Gasteiger partial charge in [0.05, 0.1) is 12.3 Å². The third kappa shape index (κ3) is 3.16. The first-order valence-electron chi connectivity index (χ1n) is 6.54. The first kappa shape index (κ1) is 15.8. The lowest BCUT2D eigenvalue weighted by molar-refractivity contribution is -0.139. The van der Waals surface area contributed by atoms with Crippen molar-refractivity contribution < 1.29 is 14.3 Å². The zero-order valence-electron chi connectivity index (χ0n) is 12.1. The van der Waals surface area contributed by atoms with Crippen LogP contribution in [0, 0.1) is 0 Å². The first-order valence-corrected chi connectivity index (χ1v) is 7.36. The SMILES string of the molecule is CCOC(=O)/C(=C\c1sc2ccccc2c1N=[N+]=[N-])C(C)=O. The Hall–Kier alpha value is -2.63. The Morgan fingerprint density at radius 2 is 2.14 bits per heavy atom. The number of Topliss-reactive ketones (excluding diaryl/α,β-unsaturated/α-hetero) is 1. The van der Waals surface area contributed by atoms with Crippen LogP contribution in [0.5, 0.6) is 0 Å². The Balaban J connectivity index is 2.64. The molecule has 0 atom stereocenters. The van der Waals surface area contributed by atoms with Crippen LogP contribution in [0.3, 0.4) is 0 Å². The van der Waals surface area contributed by atoms with E-state index in [1.54, 1.807) is 6.92 Å². The second-order valence-electron chi connectivity index (χ2n) is 4.34. The van der Waals surface area contributed by atoms with Crippen LogP contribution in [0.1, 0.15) is 18.7 Å². The van der Waals surface area contributed by atoms with Gasteiger partial charge in [0.15, 0.2) is 5.78 Å². The molecule has 7 heteroatoms. The summed E-state index contributed by atoms with van der Waals surface area (Å²) in [5.74, 6) is -1.08. The summed E-state index contributed by atoms with van der Waals surface area (Å²) in [5, 5.41) is 4.48. The molecule has 2 rings (SSSR count). The van der Waals surface area contributed by atoms with Gasteiger partial charge in [-0.15, -0.1) is 11.3 Å². The monoisotopic (exact) mass is 315 g/mol. The Labute approximate surface area is 130 Å². The number of ketones is 1. The maximum Gasteiger partial charge on any atom is 0.341 e. The van der Waals surface area contributed by atoms with Crippen LogP contribution in [0.4, 0.5) is 5.69 Å². The number of rotatable bonds is 5. The number of carbonyl (C=O) groups is 2. The van der Waals surface area contributed by atoms with Gasteiger partial charge in [-0.2, -0.15) is 0 Å². The van der Waals surface area contributed by atoms with Gasteiger partial charge in [0.2, 0.25) is 0 Å². The number of fused-ring (bicyclic) bond motifs is 1. The molecular weight excluding hydrogens is 302 g/mol. The fraction of sp³-hybridized carbons (Fsp3) is 0.200. The van der Waals surface area contributed by atoms with Crippen molar-refractivity contribution in [1.29, 1.82) is 0 Å². The van der Waals surface area contributed by atoms with Gasteiger partial charge in [0.1, 0.15) is 5.57 Å². The number of ether oxygens (including phenoxy) is 1. The number of esters is 1. The molecule has 1 aromatic carbocycles. The molecule has 0 aliphatic rings. The zero-order valence-corrected chi connectivity index (χ0v) is 12.9. The summed E-state index contributed by atoms with van der Waals surface area (Å²) < 4.78 is 5.79. The Morgan fingerprint density at radius 1 is 1.41 bits per heavy atom. The Morgan fingerprint density at radius 3 is 2.77 bits per heavy atom. The maximum atomic E-state index is 11.9. The molecule has 0 radical (unpaired) electrons. The van der Waals surface area contributed by atoms with E-state index in [1.807, 2.05) is 24.3 Å². The molecule has 112 valence electrons. The molecule has 0 aliphatic heterocycles. The molecule has 2 aromatic rings. The van der Waals surface area contributed by atoms with Gasteiger partial charge in [-0.3, -0.25) is 4.79 Å². The first-order chi connectivity index (χ1) is 10.6. The standard InChI is InChI=1S/C15H13N3O3S/c1-3-21-15(20)11(9(2)19)8-13-14(17-18-16)10-6-4-5-7-12(10)22-13/h4-8H,3H2,1-2H3/b11-8-. The van der Waals surface area contributed by atoms with Crippen molar-refractivity contribution >= 4 is 44.9 Å². The van der Waals surface area contributed by atoms with Crippen molar-refractivity contribution in [1.82, 2.24) is 0 Å². The van der Waals surface area contributed by atoms with E-state index in [0.717, 1.165) is 10.1 Å². The second kappa shape index (κ2) is 6.89. The van der Waals surface area contributed by atoms with Crippen LogP contribution in [-0.2, 0) is 14.3 Å². The largest absolute Gasteiger partial charge is 0.462 e. The molecule has 22 heavy (non-hydrogen) atoms. The summed E-state index contributed by atoms with van der Waals surface area (Å²) in [6.45, 7) is 3.14. The average Bonchev–Trinajstić information content (AvgIpc) is 2.83. The van der Waals surface area contributed by atoms with E-state index in [1.165, 1.54) is 24.3 Å². The number of carbonyl (C=O) groups excluding carboxylic acids is 2. The quantitative estimate of drug-likeness (QED) is 0.156. The third-order valence-corrected chi connectivity index (χ3v) is 4.00. The molecule has 0 spiro atoms. The van der Waals surface area contributed by atoms with Crippen molar-refractivity contribution in [2.75, 3.05) is 6.61 Å². The lowest BCUT2D eigenvalue weighted by Crippen LogP contribution is -2.13.